The van der Waals surface area contributed by atoms with E-state index in [1.165, 1.54) is 10.8 Å². The van der Waals surface area contributed by atoms with Crippen molar-refractivity contribution in [1.82, 2.24) is 4.57 Å². The minimum atomic E-state index is -0.695. The lowest BCUT2D eigenvalue weighted by atomic mass is 10.0. The molecule has 0 radical (unpaired) electrons. The van der Waals surface area contributed by atoms with Crippen molar-refractivity contribution >= 4 is 5.78 Å². The molecule has 128 valence electrons. The Morgan fingerprint density at radius 1 is 1.15 bits per heavy atom. The van der Waals surface area contributed by atoms with Crippen LogP contribution in [0.25, 0.3) is 5.69 Å². The predicted molar refractivity (Wildman–Crippen MR) is 93.0 cm³/mol. The maximum atomic E-state index is 13.4. The molecule has 6 heteroatoms. The van der Waals surface area contributed by atoms with Crippen molar-refractivity contribution in [3.63, 3.8) is 0 Å². The standard InChI is InChI=1S/C20H13FN2O3/c1-12-2-5-16(6-3-12)23-11-14(8-13(10-22)20(23)26)19(25)17-9-15(21)4-7-18(17)24/h2-9,11,24H,1H3. The highest BCUT2D eigenvalue weighted by Gasteiger charge is 2.18. The second-order valence-corrected chi connectivity index (χ2v) is 5.76. The number of aromatic hydroxyl groups is 1. The Kier molecular flexibility index (Phi) is 4.38. The maximum Gasteiger partial charge on any atom is 0.273 e. The molecule has 0 bridgehead atoms. The van der Waals surface area contributed by atoms with Gasteiger partial charge in [0.25, 0.3) is 5.56 Å². The lowest BCUT2D eigenvalue weighted by molar-refractivity contribution is 0.103. The Labute approximate surface area is 148 Å². The summed E-state index contributed by atoms with van der Waals surface area (Å²) in [6.07, 6.45) is 1.28. The molecular weight excluding hydrogens is 335 g/mol. The van der Waals surface area contributed by atoms with Gasteiger partial charge in [-0.25, -0.2) is 4.39 Å². The number of hydrogen-bond donors (Lipinski definition) is 1. The van der Waals surface area contributed by atoms with Crippen molar-refractivity contribution in [3.05, 3.63) is 93.2 Å². The van der Waals surface area contributed by atoms with Crippen molar-refractivity contribution in [2.75, 3.05) is 0 Å². The monoisotopic (exact) mass is 348 g/mol. The molecule has 2 aromatic carbocycles. The predicted octanol–water partition coefficient (Wildman–Crippen LogP) is 3.09. The molecule has 0 fully saturated rings. The van der Waals surface area contributed by atoms with Crippen LogP contribution in [0.3, 0.4) is 0 Å². The second-order valence-electron chi connectivity index (χ2n) is 5.76. The number of phenols is 1. The van der Waals surface area contributed by atoms with Crippen LogP contribution in [0.1, 0.15) is 27.0 Å². The van der Waals surface area contributed by atoms with Gasteiger partial charge >= 0.3 is 0 Å². The number of benzene rings is 2. The van der Waals surface area contributed by atoms with Gasteiger partial charge < -0.3 is 5.11 Å². The number of hydrogen-bond acceptors (Lipinski definition) is 4. The van der Waals surface area contributed by atoms with Crippen LogP contribution in [0.5, 0.6) is 5.75 Å². The summed E-state index contributed by atoms with van der Waals surface area (Å²) in [6.45, 7) is 1.89. The molecule has 0 aliphatic rings. The molecule has 26 heavy (non-hydrogen) atoms. The molecule has 3 aromatic rings. The van der Waals surface area contributed by atoms with Gasteiger partial charge in [0.1, 0.15) is 23.2 Å². The lowest BCUT2D eigenvalue weighted by Crippen LogP contribution is -2.22. The highest BCUT2D eigenvalue weighted by Crippen LogP contribution is 2.22. The first-order valence-corrected chi connectivity index (χ1v) is 7.68. The van der Waals surface area contributed by atoms with E-state index in [1.807, 2.05) is 6.92 Å². The zero-order valence-electron chi connectivity index (χ0n) is 13.7. The smallest absolute Gasteiger partial charge is 0.273 e. The molecule has 0 atom stereocenters. The molecule has 1 heterocycles. The topological polar surface area (TPSA) is 83.1 Å². The quantitative estimate of drug-likeness (QED) is 0.737. The summed E-state index contributed by atoms with van der Waals surface area (Å²) in [7, 11) is 0. The third kappa shape index (κ3) is 3.10. The number of nitriles is 1. The van der Waals surface area contributed by atoms with Crippen LogP contribution in [-0.2, 0) is 0 Å². The zero-order valence-corrected chi connectivity index (χ0v) is 13.7. The molecule has 5 nitrogen and oxygen atoms in total. The Hall–Kier alpha value is -3.72. The van der Waals surface area contributed by atoms with E-state index in [0.29, 0.717) is 5.69 Å². The van der Waals surface area contributed by atoms with E-state index in [0.717, 1.165) is 29.8 Å². The van der Waals surface area contributed by atoms with Crippen molar-refractivity contribution in [2.45, 2.75) is 6.92 Å². The number of halogens is 1. The highest BCUT2D eigenvalue weighted by molar-refractivity contribution is 6.10. The van der Waals surface area contributed by atoms with Crippen LogP contribution in [0, 0.1) is 24.1 Å². The summed E-state index contributed by atoms with van der Waals surface area (Å²) in [4.78, 5) is 25.1. The van der Waals surface area contributed by atoms with E-state index in [4.69, 9.17) is 0 Å². The Morgan fingerprint density at radius 3 is 2.50 bits per heavy atom. The second kappa shape index (κ2) is 6.65. The number of aromatic nitrogens is 1. The fourth-order valence-electron chi connectivity index (χ4n) is 2.53. The summed E-state index contributed by atoms with van der Waals surface area (Å²) in [6, 6.07) is 12.9. The van der Waals surface area contributed by atoms with Crippen LogP contribution >= 0.6 is 0 Å². The first-order valence-electron chi connectivity index (χ1n) is 7.68. The average Bonchev–Trinajstić information content (AvgIpc) is 2.64. The van der Waals surface area contributed by atoms with Gasteiger partial charge in [-0.3, -0.25) is 14.2 Å². The zero-order chi connectivity index (χ0) is 18.8. The molecular formula is C20H13FN2O3. The summed E-state index contributed by atoms with van der Waals surface area (Å²) in [5.41, 5.74) is 0.406. The molecule has 0 aliphatic heterocycles. The van der Waals surface area contributed by atoms with Gasteiger partial charge in [-0.1, -0.05) is 17.7 Å². The molecule has 3 rings (SSSR count). The number of rotatable bonds is 3. The van der Waals surface area contributed by atoms with Crippen molar-refractivity contribution in [2.24, 2.45) is 0 Å². The van der Waals surface area contributed by atoms with Crippen LogP contribution in [-0.4, -0.2) is 15.5 Å². The van der Waals surface area contributed by atoms with Gasteiger partial charge in [0.2, 0.25) is 0 Å². The molecule has 0 spiro atoms. The molecule has 0 unspecified atom stereocenters. The molecule has 0 aliphatic carbocycles. The van der Waals surface area contributed by atoms with E-state index in [1.54, 1.807) is 30.3 Å². The minimum absolute atomic E-state index is 0.0115. The van der Waals surface area contributed by atoms with Gasteiger partial charge in [0.05, 0.1) is 5.56 Å². The van der Waals surface area contributed by atoms with Crippen LogP contribution in [0.15, 0.2) is 59.5 Å². The lowest BCUT2D eigenvalue weighted by Gasteiger charge is -2.10. The summed E-state index contributed by atoms with van der Waals surface area (Å²) < 4.78 is 14.6. The van der Waals surface area contributed by atoms with Gasteiger partial charge in [-0.2, -0.15) is 5.26 Å². The highest BCUT2D eigenvalue weighted by atomic mass is 19.1. The SMILES string of the molecule is Cc1ccc(-n2cc(C(=O)c3cc(F)ccc3O)cc(C#N)c2=O)cc1. The molecule has 0 saturated carbocycles. The van der Waals surface area contributed by atoms with Gasteiger partial charge in [-0.15, -0.1) is 0 Å². The third-order valence-corrected chi connectivity index (χ3v) is 3.92. The largest absolute Gasteiger partial charge is 0.507 e. The fourth-order valence-corrected chi connectivity index (χ4v) is 2.53. The first-order chi connectivity index (χ1) is 12.4. The Bertz CT molecular complexity index is 1110. The van der Waals surface area contributed by atoms with E-state index >= 15 is 0 Å². The normalized spacial score (nSPS) is 10.3. The minimum Gasteiger partial charge on any atom is -0.507 e. The van der Waals surface area contributed by atoms with E-state index in [2.05, 4.69) is 0 Å². The summed E-state index contributed by atoms with van der Waals surface area (Å²) in [5.74, 6) is -1.76. The fraction of sp³-hybridized carbons (Fsp3) is 0.0500. The van der Waals surface area contributed by atoms with Gasteiger partial charge in [0.15, 0.2) is 5.78 Å². The molecule has 1 N–H and O–H groups in total. The van der Waals surface area contributed by atoms with E-state index in [9.17, 15) is 24.3 Å². The molecule has 0 saturated heterocycles. The van der Waals surface area contributed by atoms with Gasteiger partial charge in [0, 0.05) is 17.4 Å². The Morgan fingerprint density at radius 2 is 1.85 bits per heavy atom. The number of phenolic OH excluding ortho intramolecular Hbond substituents is 1. The summed E-state index contributed by atoms with van der Waals surface area (Å²) in [5, 5.41) is 19.1. The number of ketones is 1. The number of aryl methyl sites for hydroxylation is 1. The molecule has 0 amide bonds. The van der Waals surface area contributed by atoms with Crippen molar-refractivity contribution in [1.29, 1.82) is 5.26 Å². The van der Waals surface area contributed by atoms with E-state index in [-0.39, 0.29) is 22.4 Å². The number of nitrogens with zero attached hydrogens (tertiary/aromatic N) is 2. The third-order valence-electron chi connectivity index (χ3n) is 3.92. The summed E-state index contributed by atoms with van der Waals surface area (Å²) >= 11 is 0. The van der Waals surface area contributed by atoms with Crippen LogP contribution < -0.4 is 5.56 Å². The first kappa shape index (κ1) is 17.1. The number of pyridine rings is 1. The van der Waals surface area contributed by atoms with Crippen LogP contribution in [0.4, 0.5) is 4.39 Å². The van der Waals surface area contributed by atoms with Crippen LogP contribution in [0.2, 0.25) is 0 Å². The number of carbonyl (C=O) groups excluding carboxylic acids is 1. The van der Waals surface area contributed by atoms with Gasteiger partial charge in [-0.05, 0) is 43.3 Å². The number of carbonyl (C=O) groups is 1. The molecule has 1 aromatic heterocycles. The van der Waals surface area contributed by atoms with Crippen molar-refractivity contribution < 1.29 is 14.3 Å². The Balaban J connectivity index is 2.20. The maximum absolute atomic E-state index is 13.4. The van der Waals surface area contributed by atoms with Crippen molar-refractivity contribution in [3.8, 4) is 17.5 Å². The average molecular weight is 348 g/mol. The van der Waals surface area contributed by atoms with E-state index < -0.39 is 17.2 Å².